The third kappa shape index (κ3) is 3.62. The van der Waals surface area contributed by atoms with E-state index in [0.29, 0.717) is 12.0 Å². The molecule has 1 aliphatic carbocycles. The van der Waals surface area contributed by atoms with E-state index in [9.17, 15) is 0 Å². The Morgan fingerprint density at radius 1 is 1.00 bits per heavy atom. The quantitative estimate of drug-likeness (QED) is 0.625. The fraction of sp³-hybridized carbons (Fsp3) is 0.429. The van der Waals surface area contributed by atoms with Crippen LogP contribution in [0.4, 0.5) is 23.1 Å². The van der Waals surface area contributed by atoms with Crippen LogP contribution in [0.3, 0.4) is 0 Å². The van der Waals surface area contributed by atoms with Gasteiger partial charge in [0.05, 0.1) is 18.6 Å². The minimum absolute atomic E-state index is 0.508. The SMILES string of the molecule is c1cc2c(NC3CCCC3)nc(Nc3ccc(N4CCOCC4)cc3)nc2[nH]1. The van der Waals surface area contributed by atoms with Gasteiger partial charge in [-0.15, -0.1) is 0 Å². The highest BCUT2D eigenvalue weighted by molar-refractivity contribution is 5.88. The first-order valence-electron chi connectivity index (χ1n) is 10.2. The second kappa shape index (κ2) is 7.67. The molecule has 1 saturated carbocycles. The summed E-state index contributed by atoms with van der Waals surface area (Å²) in [4.78, 5) is 15.0. The van der Waals surface area contributed by atoms with Crippen LogP contribution in [0.1, 0.15) is 25.7 Å². The van der Waals surface area contributed by atoms with Crippen molar-refractivity contribution in [2.75, 3.05) is 41.8 Å². The van der Waals surface area contributed by atoms with Crippen LogP contribution in [0, 0.1) is 0 Å². The van der Waals surface area contributed by atoms with Gasteiger partial charge in [0.15, 0.2) is 0 Å². The molecule has 1 saturated heterocycles. The first-order chi connectivity index (χ1) is 13.8. The number of H-pyrrole nitrogens is 1. The molecule has 2 aliphatic rings. The van der Waals surface area contributed by atoms with Gasteiger partial charge >= 0.3 is 0 Å². The summed E-state index contributed by atoms with van der Waals surface area (Å²) in [5.74, 6) is 1.51. The number of fused-ring (bicyclic) bond motifs is 1. The number of nitrogens with zero attached hydrogens (tertiary/aromatic N) is 3. The van der Waals surface area contributed by atoms with E-state index in [2.05, 4.69) is 49.8 Å². The van der Waals surface area contributed by atoms with Gasteiger partial charge in [0, 0.05) is 36.7 Å². The predicted octanol–water partition coefficient (Wildman–Crippen LogP) is 3.89. The number of rotatable bonds is 5. The van der Waals surface area contributed by atoms with E-state index in [0.717, 1.165) is 48.8 Å². The lowest BCUT2D eigenvalue weighted by Gasteiger charge is -2.28. The normalized spacial score (nSPS) is 17.9. The number of hydrogen-bond donors (Lipinski definition) is 3. The maximum absolute atomic E-state index is 5.43. The van der Waals surface area contributed by atoms with Gasteiger partial charge in [0.25, 0.3) is 0 Å². The van der Waals surface area contributed by atoms with E-state index >= 15 is 0 Å². The van der Waals surface area contributed by atoms with E-state index in [1.807, 2.05) is 12.3 Å². The minimum Gasteiger partial charge on any atom is -0.378 e. The average Bonchev–Trinajstić information content (AvgIpc) is 3.41. The molecule has 28 heavy (non-hydrogen) atoms. The molecular weight excluding hydrogens is 352 g/mol. The van der Waals surface area contributed by atoms with E-state index in [4.69, 9.17) is 9.72 Å². The summed E-state index contributed by atoms with van der Waals surface area (Å²) in [5, 5.41) is 8.02. The molecule has 0 radical (unpaired) electrons. The lowest BCUT2D eigenvalue weighted by molar-refractivity contribution is 0.122. The first kappa shape index (κ1) is 17.3. The van der Waals surface area contributed by atoms with Crippen molar-refractivity contribution in [1.29, 1.82) is 0 Å². The summed E-state index contributed by atoms with van der Waals surface area (Å²) in [7, 11) is 0. The lowest BCUT2D eigenvalue weighted by Crippen LogP contribution is -2.36. The summed E-state index contributed by atoms with van der Waals surface area (Å²) in [6, 6.07) is 11.0. The standard InChI is InChI=1S/C21H26N6O/c1-2-4-15(3-1)23-20-18-9-10-22-19(18)25-21(26-20)24-16-5-7-17(8-6-16)27-11-13-28-14-12-27/h5-10,15H,1-4,11-14H2,(H3,22,23,24,25,26). The smallest absolute Gasteiger partial charge is 0.231 e. The largest absolute Gasteiger partial charge is 0.378 e. The van der Waals surface area contributed by atoms with Crippen molar-refractivity contribution in [3.8, 4) is 0 Å². The highest BCUT2D eigenvalue weighted by Gasteiger charge is 2.18. The van der Waals surface area contributed by atoms with Crippen molar-refractivity contribution in [2.24, 2.45) is 0 Å². The Bertz CT molecular complexity index is 926. The Balaban J connectivity index is 1.35. The van der Waals surface area contributed by atoms with Gasteiger partial charge in [-0.25, -0.2) is 0 Å². The minimum atomic E-state index is 0.508. The molecule has 0 amide bonds. The lowest BCUT2D eigenvalue weighted by atomic mass is 10.2. The highest BCUT2D eigenvalue weighted by atomic mass is 16.5. The van der Waals surface area contributed by atoms with Crippen LogP contribution in [-0.2, 0) is 4.74 Å². The van der Waals surface area contributed by atoms with Crippen molar-refractivity contribution in [3.63, 3.8) is 0 Å². The predicted molar refractivity (Wildman–Crippen MR) is 113 cm³/mol. The maximum Gasteiger partial charge on any atom is 0.231 e. The molecule has 0 unspecified atom stereocenters. The molecule has 1 aliphatic heterocycles. The molecule has 2 aromatic heterocycles. The molecule has 5 rings (SSSR count). The number of aromatic nitrogens is 3. The summed E-state index contributed by atoms with van der Waals surface area (Å²) in [6.45, 7) is 3.46. The molecule has 0 spiro atoms. The Labute approximate surface area is 164 Å². The molecule has 0 atom stereocenters. The maximum atomic E-state index is 5.43. The molecule has 7 heteroatoms. The topological polar surface area (TPSA) is 78.1 Å². The summed E-state index contributed by atoms with van der Waals surface area (Å²) in [6.07, 6.45) is 6.92. The van der Waals surface area contributed by atoms with Crippen LogP contribution in [-0.4, -0.2) is 47.3 Å². The van der Waals surface area contributed by atoms with E-state index in [1.54, 1.807) is 0 Å². The third-order valence-corrected chi connectivity index (χ3v) is 5.61. The van der Waals surface area contributed by atoms with Gasteiger partial charge in [-0.1, -0.05) is 12.8 Å². The zero-order valence-electron chi connectivity index (χ0n) is 15.9. The van der Waals surface area contributed by atoms with Crippen molar-refractivity contribution >= 4 is 34.2 Å². The Morgan fingerprint density at radius 2 is 1.79 bits per heavy atom. The molecule has 3 N–H and O–H groups in total. The van der Waals surface area contributed by atoms with Crippen LogP contribution in [0.15, 0.2) is 36.5 Å². The Kier molecular flexibility index (Phi) is 4.74. The number of nitrogens with one attached hydrogen (secondary N) is 3. The van der Waals surface area contributed by atoms with Gasteiger partial charge in [-0.2, -0.15) is 9.97 Å². The Morgan fingerprint density at radius 3 is 2.57 bits per heavy atom. The second-order valence-corrected chi connectivity index (χ2v) is 7.53. The van der Waals surface area contributed by atoms with Gasteiger partial charge in [0.1, 0.15) is 11.5 Å². The molecule has 1 aromatic carbocycles. The monoisotopic (exact) mass is 378 g/mol. The molecular formula is C21H26N6O. The van der Waals surface area contributed by atoms with Crippen LogP contribution in [0.2, 0.25) is 0 Å². The van der Waals surface area contributed by atoms with Crippen molar-refractivity contribution in [1.82, 2.24) is 15.0 Å². The van der Waals surface area contributed by atoms with Crippen molar-refractivity contribution in [2.45, 2.75) is 31.7 Å². The average molecular weight is 378 g/mol. The fourth-order valence-corrected chi connectivity index (χ4v) is 4.08. The van der Waals surface area contributed by atoms with E-state index in [-0.39, 0.29) is 0 Å². The molecule has 7 nitrogen and oxygen atoms in total. The number of morpholine rings is 1. The summed E-state index contributed by atoms with van der Waals surface area (Å²) >= 11 is 0. The zero-order valence-corrected chi connectivity index (χ0v) is 15.9. The molecule has 146 valence electrons. The molecule has 0 bridgehead atoms. The van der Waals surface area contributed by atoms with E-state index in [1.165, 1.54) is 31.4 Å². The third-order valence-electron chi connectivity index (χ3n) is 5.61. The summed E-state index contributed by atoms with van der Waals surface area (Å²) in [5.41, 5.74) is 3.05. The zero-order chi connectivity index (χ0) is 18.8. The van der Waals surface area contributed by atoms with Crippen molar-refractivity contribution in [3.05, 3.63) is 36.5 Å². The van der Waals surface area contributed by atoms with Gasteiger partial charge < -0.3 is 25.3 Å². The number of anilines is 4. The first-order valence-corrected chi connectivity index (χ1v) is 10.2. The highest BCUT2D eigenvalue weighted by Crippen LogP contribution is 2.28. The van der Waals surface area contributed by atoms with Crippen LogP contribution in [0.5, 0.6) is 0 Å². The second-order valence-electron chi connectivity index (χ2n) is 7.53. The molecule has 2 fully saturated rings. The van der Waals surface area contributed by atoms with Gasteiger partial charge in [0.2, 0.25) is 5.95 Å². The van der Waals surface area contributed by atoms with Crippen LogP contribution >= 0.6 is 0 Å². The summed E-state index contributed by atoms with van der Waals surface area (Å²) < 4.78 is 5.43. The van der Waals surface area contributed by atoms with Gasteiger partial charge in [-0.3, -0.25) is 0 Å². The molecule has 3 aromatic rings. The van der Waals surface area contributed by atoms with Crippen LogP contribution in [0.25, 0.3) is 11.0 Å². The number of ether oxygens (including phenoxy) is 1. The Hall–Kier alpha value is -2.80. The van der Waals surface area contributed by atoms with Gasteiger partial charge in [-0.05, 0) is 43.2 Å². The number of hydrogen-bond acceptors (Lipinski definition) is 6. The van der Waals surface area contributed by atoms with Crippen molar-refractivity contribution < 1.29 is 4.74 Å². The number of benzene rings is 1. The van der Waals surface area contributed by atoms with Crippen LogP contribution < -0.4 is 15.5 Å². The van der Waals surface area contributed by atoms with E-state index < -0.39 is 0 Å². The fourth-order valence-electron chi connectivity index (χ4n) is 4.08. The molecule has 3 heterocycles. The number of aromatic amines is 1.